The monoisotopic (exact) mass is 310 g/mol. The first kappa shape index (κ1) is 15.1. The third kappa shape index (κ3) is 3.34. The van der Waals surface area contributed by atoms with Gasteiger partial charge in [-0.15, -0.1) is 0 Å². The summed E-state index contributed by atoms with van der Waals surface area (Å²) in [5.41, 5.74) is 2.97. The first-order valence-corrected chi connectivity index (χ1v) is 7.50. The highest BCUT2D eigenvalue weighted by atomic mass is 16.5. The van der Waals surface area contributed by atoms with E-state index in [0.717, 1.165) is 29.1 Å². The number of aromatic nitrogens is 2. The number of hydrogen-bond donors (Lipinski definition) is 0. The second kappa shape index (κ2) is 6.52. The van der Waals surface area contributed by atoms with Gasteiger partial charge < -0.3 is 9.15 Å². The molecule has 0 aliphatic rings. The fourth-order valence-electron chi connectivity index (χ4n) is 2.31. The lowest BCUT2D eigenvalue weighted by Gasteiger charge is -2.06. The van der Waals surface area contributed by atoms with Crippen LogP contribution in [0.2, 0.25) is 0 Å². The summed E-state index contributed by atoms with van der Waals surface area (Å²) < 4.78 is 13.1. The molecule has 2 aromatic heterocycles. The number of nitrogens with zero attached hydrogens (tertiary/aromatic N) is 2. The Labute approximate surface area is 134 Å². The molecule has 3 rings (SSSR count). The quantitative estimate of drug-likeness (QED) is 0.649. The minimum atomic E-state index is 0.323. The largest absolute Gasteiger partial charge is 0.489 e. The molecule has 0 fully saturated rings. The Morgan fingerprint density at radius 3 is 2.61 bits per heavy atom. The maximum atomic E-state index is 10.7. The van der Waals surface area contributed by atoms with Crippen LogP contribution in [0.1, 0.15) is 28.7 Å². The molecule has 0 atom stereocenters. The molecule has 2 heterocycles. The average Bonchev–Trinajstić information content (AvgIpc) is 3.20. The number of benzene rings is 1. The molecule has 5 heteroatoms. The van der Waals surface area contributed by atoms with Crippen molar-refractivity contribution in [3.05, 3.63) is 59.6 Å². The van der Waals surface area contributed by atoms with E-state index in [1.807, 2.05) is 42.1 Å². The Morgan fingerprint density at radius 1 is 1.22 bits per heavy atom. The first-order valence-electron chi connectivity index (χ1n) is 7.50. The number of aryl methyl sites for hydroxylation is 2. The predicted molar refractivity (Wildman–Crippen MR) is 86.5 cm³/mol. The van der Waals surface area contributed by atoms with E-state index in [1.165, 1.54) is 0 Å². The van der Waals surface area contributed by atoms with Crippen LogP contribution in [0.4, 0.5) is 0 Å². The summed E-state index contributed by atoms with van der Waals surface area (Å²) in [5.74, 6) is 1.77. The summed E-state index contributed by atoms with van der Waals surface area (Å²) in [7, 11) is 0. The summed E-state index contributed by atoms with van der Waals surface area (Å²) in [4.78, 5) is 10.7. The van der Waals surface area contributed by atoms with E-state index < -0.39 is 0 Å². The van der Waals surface area contributed by atoms with Crippen LogP contribution in [0.15, 0.2) is 47.0 Å². The third-order valence-corrected chi connectivity index (χ3v) is 3.65. The second-order valence-corrected chi connectivity index (χ2v) is 5.23. The van der Waals surface area contributed by atoms with E-state index in [1.54, 1.807) is 12.1 Å². The van der Waals surface area contributed by atoms with Crippen molar-refractivity contribution in [1.29, 1.82) is 0 Å². The molecule has 0 aliphatic heterocycles. The maximum absolute atomic E-state index is 10.7. The smallest absolute Gasteiger partial charge is 0.185 e. The fourth-order valence-corrected chi connectivity index (χ4v) is 2.31. The van der Waals surface area contributed by atoms with Gasteiger partial charge in [-0.1, -0.05) is 0 Å². The Bertz CT molecular complexity index is 800. The van der Waals surface area contributed by atoms with Gasteiger partial charge in [0, 0.05) is 23.9 Å². The lowest BCUT2D eigenvalue weighted by atomic mass is 10.2. The zero-order valence-corrected chi connectivity index (χ0v) is 13.2. The number of rotatable bonds is 6. The summed E-state index contributed by atoms with van der Waals surface area (Å²) in [6.45, 7) is 5.37. The number of ether oxygens (including phenoxy) is 1. The van der Waals surface area contributed by atoms with Gasteiger partial charge in [-0.25, -0.2) is 0 Å². The maximum Gasteiger partial charge on any atom is 0.185 e. The lowest BCUT2D eigenvalue weighted by Crippen LogP contribution is -1.96. The molecule has 0 saturated heterocycles. The van der Waals surface area contributed by atoms with E-state index in [0.29, 0.717) is 24.4 Å². The standard InChI is InChI=1S/C18H18N2O3/c1-3-20-10-15(13(2)19-20)12-22-16-6-4-14(5-7-16)18-9-8-17(11-21)23-18/h4-11H,3,12H2,1-2H3. The Balaban J connectivity index is 1.67. The summed E-state index contributed by atoms with van der Waals surface area (Å²) in [6, 6.07) is 11.0. The number of carbonyl (C=O) groups is 1. The normalized spacial score (nSPS) is 10.7. The number of furan rings is 1. The molecule has 3 aromatic rings. The zero-order chi connectivity index (χ0) is 16.2. The Kier molecular flexibility index (Phi) is 4.28. The highest BCUT2D eigenvalue weighted by Gasteiger charge is 2.07. The minimum absolute atomic E-state index is 0.323. The molecule has 0 bridgehead atoms. The van der Waals surface area contributed by atoms with Crippen LogP contribution < -0.4 is 4.74 Å². The topological polar surface area (TPSA) is 57.3 Å². The molecule has 23 heavy (non-hydrogen) atoms. The summed E-state index contributed by atoms with van der Waals surface area (Å²) in [6.07, 6.45) is 2.70. The number of aldehydes is 1. The number of hydrogen-bond acceptors (Lipinski definition) is 4. The van der Waals surface area contributed by atoms with Gasteiger partial charge in [0.15, 0.2) is 12.0 Å². The summed E-state index contributed by atoms with van der Waals surface area (Å²) >= 11 is 0. The molecule has 0 unspecified atom stereocenters. The molecule has 0 aliphatic carbocycles. The third-order valence-electron chi connectivity index (χ3n) is 3.65. The summed E-state index contributed by atoms with van der Waals surface area (Å²) in [5, 5.41) is 4.40. The molecule has 0 saturated carbocycles. The van der Waals surface area contributed by atoms with Crippen LogP contribution in [0, 0.1) is 6.92 Å². The van der Waals surface area contributed by atoms with Gasteiger partial charge in [-0.05, 0) is 50.2 Å². The SMILES string of the molecule is CCn1cc(COc2ccc(-c3ccc(C=O)o3)cc2)c(C)n1. The van der Waals surface area contributed by atoms with Crippen molar-refractivity contribution >= 4 is 6.29 Å². The molecule has 118 valence electrons. The van der Waals surface area contributed by atoms with E-state index in [-0.39, 0.29) is 0 Å². The van der Waals surface area contributed by atoms with Gasteiger partial charge in [0.2, 0.25) is 0 Å². The molecular formula is C18H18N2O3. The second-order valence-electron chi connectivity index (χ2n) is 5.23. The van der Waals surface area contributed by atoms with Crippen LogP contribution in [-0.2, 0) is 13.2 Å². The zero-order valence-electron chi connectivity index (χ0n) is 13.2. The highest BCUT2D eigenvalue weighted by Crippen LogP contribution is 2.24. The van der Waals surface area contributed by atoms with Gasteiger partial charge in [-0.2, -0.15) is 5.10 Å². The van der Waals surface area contributed by atoms with Crippen LogP contribution in [0.25, 0.3) is 11.3 Å². The fraction of sp³-hybridized carbons (Fsp3) is 0.222. The molecule has 0 amide bonds. The lowest BCUT2D eigenvalue weighted by molar-refractivity contribution is 0.110. The average molecular weight is 310 g/mol. The Morgan fingerprint density at radius 2 is 2.00 bits per heavy atom. The molecule has 0 N–H and O–H groups in total. The first-order chi connectivity index (χ1) is 11.2. The molecular weight excluding hydrogens is 292 g/mol. The number of carbonyl (C=O) groups excluding carboxylic acids is 1. The van der Waals surface area contributed by atoms with E-state index in [9.17, 15) is 4.79 Å². The Hall–Kier alpha value is -2.82. The van der Waals surface area contributed by atoms with Crippen LogP contribution in [0.5, 0.6) is 5.75 Å². The van der Waals surface area contributed by atoms with Crippen molar-refractivity contribution in [3.8, 4) is 17.1 Å². The van der Waals surface area contributed by atoms with E-state index >= 15 is 0 Å². The molecule has 0 radical (unpaired) electrons. The highest BCUT2D eigenvalue weighted by molar-refractivity contribution is 5.72. The van der Waals surface area contributed by atoms with Crippen LogP contribution in [-0.4, -0.2) is 16.1 Å². The van der Waals surface area contributed by atoms with Crippen molar-refractivity contribution in [2.24, 2.45) is 0 Å². The van der Waals surface area contributed by atoms with E-state index in [2.05, 4.69) is 12.0 Å². The molecule has 0 spiro atoms. The van der Waals surface area contributed by atoms with Gasteiger partial charge in [-0.3, -0.25) is 9.48 Å². The van der Waals surface area contributed by atoms with Crippen molar-refractivity contribution < 1.29 is 13.9 Å². The minimum Gasteiger partial charge on any atom is -0.489 e. The van der Waals surface area contributed by atoms with Gasteiger partial charge in [0.1, 0.15) is 18.1 Å². The van der Waals surface area contributed by atoms with Gasteiger partial charge >= 0.3 is 0 Å². The van der Waals surface area contributed by atoms with Crippen LogP contribution >= 0.6 is 0 Å². The predicted octanol–water partition coefficient (Wildman–Crippen LogP) is 3.86. The van der Waals surface area contributed by atoms with Crippen molar-refractivity contribution in [3.63, 3.8) is 0 Å². The van der Waals surface area contributed by atoms with Crippen LogP contribution in [0.3, 0.4) is 0 Å². The van der Waals surface area contributed by atoms with Crippen molar-refractivity contribution in [1.82, 2.24) is 9.78 Å². The van der Waals surface area contributed by atoms with E-state index in [4.69, 9.17) is 9.15 Å². The molecule has 5 nitrogen and oxygen atoms in total. The van der Waals surface area contributed by atoms with Crippen molar-refractivity contribution in [2.75, 3.05) is 0 Å². The van der Waals surface area contributed by atoms with Gasteiger partial charge in [0.05, 0.1) is 5.69 Å². The van der Waals surface area contributed by atoms with Crippen molar-refractivity contribution in [2.45, 2.75) is 27.0 Å². The van der Waals surface area contributed by atoms with Gasteiger partial charge in [0.25, 0.3) is 0 Å². The molecule has 1 aromatic carbocycles.